The quantitative estimate of drug-likeness (QED) is 0.796. The van der Waals surface area contributed by atoms with E-state index in [0.29, 0.717) is 17.9 Å². The number of aromatic nitrogens is 2. The number of carbonyl (C=O) groups excluding carboxylic acids is 1. The number of nitrogens with one attached hydrogen (secondary N) is 1. The molecule has 3 aromatic rings. The summed E-state index contributed by atoms with van der Waals surface area (Å²) in [5.41, 5.74) is 2.66. The van der Waals surface area contributed by atoms with Crippen LogP contribution >= 0.6 is 0 Å². The summed E-state index contributed by atoms with van der Waals surface area (Å²) in [5.74, 6) is 0.931. The Bertz CT molecular complexity index is 917. The number of fused-ring (bicyclic) bond motifs is 1. The van der Waals surface area contributed by atoms with Crippen molar-refractivity contribution in [2.75, 3.05) is 12.4 Å². The van der Waals surface area contributed by atoms with E-state index < -0.39 is 0 Å². The Kier molecular flexibility index (Phi) is 3.72. The largest absolute Gasteiger partial charge is 0.497 e. The number of rotatable bonds is 3. The first-order valence-electron chi connectivity index (χ1n) is 7.93. The Labute approximate surface area is 144 Å². The molecule has 2 aromatic carbocycles. The van der Waals surface area contributed by atoms with Gasteiger partial charge in [0.15, 0.2) is 0 Å². The van der Waals surface area contributed by atoms with Crippen LogP contribution in [0.3, 0.4) is 0 Å². The van der Waals surface area contributed by atoms with Crippen molar-refractivity contribution in [2.24, 2.45) is 0 Å². The van der Waals surface area contributed by atoms with Gasteiger partial charge in [-0.3, -0.25) is 4.79 Å². The number of ether oxygens (including phenoxy) is 1. The fourth-order valence-corrected chi connectivity index (χ4v) is 3.13. The van der Waals surface area contributed by atoms with Gasteiger partial charge < -0.3 is 10.1 Å². The van der Waals surface area contributed by atoms with Gasteiger partial charge in [-0.05, 0) is 42.0 Å². The second kappa shape index (κ2) is 6.05. The van der Waals surface area contributed by atoms with Gasteiger partial charge in [-0.15, -0.1) is 0 Å². The molecule has 6 heteroatoms. The monoisotopic (exact) mass is 337 g/mol. The van der Waals surface area contributed by atoms with Crippen molar-refractivity contribution < 1.29 is 13.9 Å². The Morgan fingerprint density at radius 3 is 2.56 bits per heavy atom. The average molecular weight is 337 g/mol. The first-order valence-corrected chi connectivity index (χ1v) is 7.93. The maximum Gasteiger partial charge on any atom is 0.226 e. The smallest absolute Gasteiger partial charge is 0.226 e. The lowest BCUT2D eigenvalue weighted by Gasteiger charge is -2.24. The molecule has 0 radical (unpaired) electrons. The summed E-state index contributed by atoms with van der Waals surface area (Å²) < 4.78 is 20.0. The molecule has 0 saturated heterocycles. The van der Waals surface area contributed by atoms with Crippen molar-refractivity contribution in [1.29, 1.82) is 0 Å². The van der Waals surface area contributed by atoms with Gasteiger partial charge >= 0.3 is 0 Å². The molecular weight excluding hydrogens is 321 g/mol. The highest BCUT2D eigenvalue weighted by molar-refractivity contribution is 5.94. The van der Waals surface area contributed by atoms with Crippen LogP contribution in [0.4, 0.5) is 10.2 Å². The van der Waals surface area contributed by atoms with E-state index in [9.17, 15) is 9.18 Å². The Balaban J connectivity index is 1.76. The van der Waals surface area contributed by atoms with Gasteiger partial charge in [0.25, 0.3) is 0 Å². The number of nitrogens with zero attached hydrogens (tertiary/aromatic N) is 2. The molecule has 1 N–H and O–H groups in total. The van der Waals surface area contributed by atoms with Gasteiger partial charge in [-0.1, -0.05) is 12.1 Å². The second-order valence-corrected chi connectivity index (χ2v) is 5.91. The molecule has 2 heterocycles. The topological polar surface area (TPSA) is 56.1 Å². The van der Waals surface area contributed by atoms with E-state index in [1.165, 1.54) is 12.1 Å². The predicted molar refractivity (Wildman–Crippen MR) is 91.6 cm³/mol. The van der Waals surface area contributed by atoms with Crippen LogP contribution in [0, 0.1) is 5.82 Å². The van der Waals surface area contributed by atoms with Crippen LogP contribution in [0.2, 0.25) is 0 Å². The molecule has 1 atom stereocenters. The normalized spacial score (nSPS) is 16.2. The molecular formula is C19H16FN3O2. The Hall–Kier alpha value is -3.15. The van der Waals surface area contributed by atoms with E-state index in [-0.39, 0.29) is 17.6 Å². The van der Waals surface area contributed by atoms with Gasteiger partial charge in [-0.2, -0.15) is 5.10 Å². The molecule has 0 spiro atoms. The molecule has 0 saturated carbocycles. The van der Waals surface area contributed by atoms with Gasteiger partial charge in [0.1, 0.15) is 17.4 Å². The van der Waals surface area contributed by atoms with Gasteiger partial charge in [-0.25, -0.2) is 9.07 Å². The van der Waals surface area contributed by atoms with Crippen molar-refractivity contribution >= 4 is 11.7 Å². The van der Waals surface area contributed by atoms with Crippen molar-refractivity contribution in [1.82, 2.24) is 9.78 Å². The molecule has 1 aromatic heterocycles. The number of amides is 1. The number of carbonyl (C=O) groups is 1. The van der Waals surface area contributed by atoms with Crippen molar-refractivity contribution in [3.8, 4) is 11.4 Å². The first-order chi connectivity index (χ1) is 12.2. The summed E-state index contributed by atoms with van der Waals surface area (Å²) in [7, 11) is 1.62. The molecule has 4 rings (SSSR count). The number of benzene rings is 2. The van der Waals surface area contributed by atoms with E-state index in [1.807, 2.05) is 24.3 Å². The standard InChI is InChI=1S/C19H16FN3O2/c1-25-15-8-2-12(3-9-15)16-10-18(24)22-19-17(16)11-21-23(19)14-6-4-13(20)5-7-14/h2-9,11,16H,10H2,1H3,(H,22,24). The SMILES string of the molecule is COc1ccc(C2CC(=O)Nc3c2cnn3-c2ccc(F)cc2)cc1. The molecule has 126 valence electrons. The van der Waals surface area contributed by atoms with Gasteiger partial charge in [0, 0.05) is 17.9 Å². The fourth-order valence-electron chi connectivity index (χ4n) is 3.13. The van der Waals surface area contributed by atoms with Crippen LogP contribution in [0.1, 0.15) is 23.5 Å². The van der Waals surface area contributed by atoms with Crippen LogP contribution in [0.5, 0.6) is 5.75 Å². The molecule has 0 fully saturated rings. The molecule has 1 aliphatic heterocycles. The molecule has 1 amide bonds. The minimum atomic E-state index is -0.315. The maximum atomic E-state index is 13.2. The number of hydrogen-bond donors (Lipinski definition) is 1. The third kappa shape index (κ3) is 2.76. The van der Waals surface area contributed by atoms with Crippen LogP contribution < -0.4 is 10.1 Å². The zero-order valence-corrected chi connectivity index (χ0v) is 13.6. The van der Waals surface area contributed by atoms with Crippen LogP contribution in [-0.2, 0) is 4.79 Å². The van der Waals surface area contributed by atoms with Crippen molar-refractivity contribution in [2.45, 2.75) is 12.3 Å². The zero-order chi connectivity index (χ0) is 17.4. The van der Waals surface area contributed by atoms with Gasteiger partial charge in [0.05, 0.1) is 19.0 Å². The second-order valence-electron chi connectivity index (χ2n) is 5.91. The summed E-state index contributed by atoms with van der Waals surface area (Å²) in [5, 5.41) is 7.28. The molecule has 25 heavy (non-hydrogen) atoms. The average Bonchev–Trinajstić information content (AvgIpc) is 3.05. The lowest BCUT2D eigenvalue weighted by Crippen LogP contribution is -2.24. The lowest BCUT2D eigenvalue weighted by atomic mass is 9.87. The van der Waals surface area contributed by atoms with Crippen molar-refractivity contribution in [3.63, 3.8) is 0 Å². The molecule has 1 aliphatic rings. The number of hydrogen-bond acceptors (Lipinski definition) is 3. The summed E-state index contributed by atoms with van der Waals surface area (Å²) in [6.07, 6.45) is 2.11. The van der Waals surface area contributed by atoms with E-state index in [1.54, 1.807) is 30.1 Å². The van der Waals surface area contributed by atoms with E-state index in [2.05, 4.69) is 10.4 Å². The minimum Gasteiger partial charge on any atom is -0.497 e. The predicted octanol–water partition coefficient (Wildman–Crippen LogP) is 3.49. The summed E-state index contributed by atoms with van der Waals surface area (Å²) in [4.78, 5) is 12.2. The highest BCUT2D eigenvalue weighted by atomic mass is 19.1. The number of halogens is 1. The highest BCUT2D eigenvalue weighted by Crippen LogP contribution is 2.38. The Morgan fingerprint density at radius 2 is 1.88 bits per heavy atom. The van der Waals surface area contributed by atoms with Crippen LogP contribution in [0.15, 0.2) is 54.7 Å². The minimum absolute atomic E-state index is 0.0721. The third-order valence-corrected chi connectivity index (χ3v) is 4.41. The molecule has 0 aliphatic carbocycles. The lowest BCUT2D eigenvalue weighted by molar-refractivity contribution is -0.116. The molecule has 0 bridgehead atoms. The summed E-state index contributed by atoms with van der Waals surface area (Å²) >= 11 is 0. The zero-order valence-electron chi connectivity index (χ0n) is 13.6. The van der Waals surface area contributed by atoms with Crippen LogP contribution in [-0.4, -0.2) is 22.8 Å². The molecule has 1 unspecified atom stereocenters. The number of methoxy groups -OCH3 is 1. The fraction of sp³-hybridized carbons (Fsp3) is 0.158. The molecule has 5 nitrogen and oxygen atoms in total. The van der Waals surface area contributed by atoms with E-state index >= 15 is 0 Å². The summed E-state index contributed by atoms with van der Waals surface area (Å²) in [6, 6.07) is 13.7. The van der Waals surface area contributed by atoms with E-state index in [4.69, 9.17) is 4.74 Å². The van der Waals surface area contributed by atoms with E-state index in [0.717, 1.165) is 16.9 Å². The van der Waals surface area contributed by atoms with Crippen molar-refractivity contribution in [3.05, 3.63) is 71.7 Å². The first kappa shape index (κ1) is 15.4. The maximum absolute atomic E-state index is 13.2. The van der Waals surface area contributed by atoms with Gasteiger partial charge in [0.2, 0.25) is 5.91 Å². The summed E-state index contributed by atoms with van der Waals surface area (Å²) in [6.45, 7) is 0. The third-order valence-electron chi connectivity index (χ3n) is 4.41. The Morgan fingerprint density at radius 1 is 1.16 bits per heavy atom. The highest BCUT2D eigenvalue weighted by Gasteiger charge is 2.30. The number of anilines is 1. The van der Waals surface area contributed by atoms with Crippen LogP contribution in [0.25, 0.3) is 5.69 Å².